The van der Waals surface area contributed by atoms with E-state index in [1.54, 1.807) is 11.3 Å². The highest BCUT2D eigenvalue weighted by Gasteiger charge is 2.18. The second-order valence-electron chi connectivity index (χ2n) is 5.32. The Morgan fingerprint density at radius 3 is 2.87 bits per heavy atom. The van der Waals surface area contributed by atoms with E-state index in [0.29, 0.717) is 18.8 Å². The first kappa shape index (κ1) is 16.3. The molecule has 4 nitrogen and oxygen atoms in total. The fourth-order valence-corrected chi connectivity index (χ4v) is 3.64. The van der Waals surface area contributed by atoms with E-state index in [9.17, 15) is 5.11 Å². The molecule has 1 aliphatic rings. The number of hydrogen-bond acceptors (Lipinski definition) is 5. The van der Waals surface area contributed by atoms with Gasteiger partial charge in [-0.25, -0.2) is 0 Å². The molecule has 1 aromatic heterocycles. The zero-order chi connectivity index (χ0) is 16.2. The van der Waals surface area contributed by atoms with Crippen molar-refractivity contribution in [3.05, 3.63) is 57.8 Å². The van der Waals surface area contributed by atoms with E-state index in [-0.39, 0.29) is 6.79 Å². The predicted octanol–water partition coefficient (Wildman–Crippen LogP) is 3.85. The molecule has 0 fully saturated rings. The highest BCUT2D eigenvalue weighted by atomic mass is 35.5. The molecule has 122 valence electrons. The minimum Gasteiger partial charge on any atom is -0.454 e. The molecule has 0 spiro atoms. The highest BCUT2D eigenvalue weighted by Crippen LogP contribution is 2.34. The lowest BCUT2D eigenvalue weighted by Crippen LogP contribution is -2.28. The molecule has 0 bridgehead atoms. The van der Waals surface area contributed by atoms with Crippen molar-refractivity contribution in [3.8, 4) is 11.5 Å². The summed E-state index contributed by atoms with van der Waals surface area (Å²) in [7, 11) is 0. The van der Waals surface area contributed by atoms with Crippen LogP contribution in [0, 0.1) is 0 Å². The molecule has 1 aromatic carbocycles. The summed E-state index contributed by atoms with van der Waals surface area (Å²) < 4.78 is 11.4. The van der Waals surface area contributed by atoms with Gasteiger partial charge in [-0.05, 0) is 29.8 Å². The van der Waals surface area contributed by atoms with E-state index >= 15 is 0 Å². The zero-order valence-electron chi connectivity index (χ0n) is 12.6. The summed E-state index contributed by atoms with van der Waals surface area (Å²) >= 11 is 7.53. The number of nitrogens with zero attached hydrogens (tertiary/aromatic N) is 1. The van der Waals surface area contributed by atoms with Crippen molar-refractivity contribution in [2.24, 2.45) is 0 Å². The summed E-state index contributed by atoms with van der Waals surface area (Å²) in [6, 6.07) is 9.43. The third-order valence-corrected chi connectivity index (χ3v) is 4.82. The molecule has 6 heteroatoms. The molecule has 2 aromatic rings. The molecule has 3 rings (SSSR count). The summed E-state index contributed by atoms with van der Waals surface area (Å²) in [5.41, 5.74) is 0.813. The van der Waals surface area contributed by atoms with Gasteiger partial charge in [-0.15, -0.1) is 17.9 Å². The largest absolute Gasteiger partial charge is 0.454 e. The van der Waals surface area contributed by atoms with Crippen molar-refractivity contribution < 1.29 is 14.6 Å². The molecular weight excluding hydrogens is 334 g/mol. The van der Waals surface area contributed by atoms with E-state index in [2.05, 4.69) is 11.5 Å². The van der Waals surface area contributed by atoms with Crippen LogP contribution in [0.3, 0.4) is 0 Å². The van der Waals surface area contributed by atoms with Crippen LogP contribution in [0.5, 0.6) is 11.5 Å². The lowest BCUT2D eigenvalue weighted by molar-refractivity contribution is 0.116. The van der Waals surface area contributed by atoms with Gasteiger partial charge in [0.25, 0.3) is 0 Å². The fourth-order valence-electron chi connectivity index (χ4n) is 2.51. The second-order valence-corrected chi connectivity index (χ2v) is 7.12. The van der Waals surface area contributed by atoms with Gasteiger partial charge in [0.05, 0.1) is 10.4 Å². The fraction of sp³-hybridized carbons (Fsp3) is 0.294. The number of halogens is 1. The Kier molecular flexibility index (Phi) is 5.23. The third kappa shape index (κ3) is 4.06. The van der Waals surface area contributed by atoms with Crippen molar-refractivity contribution in [2.45, 2.75) is 12.6 Å². The number of rotatable bonds is 7. The lowest BCUT2D eigenvalue weighted by atomic mass is 10.1. The van der Waals surface area contributed by atoms with Gasteiger partial charge in [0.2, 0.25) is 6.79 Å². The first-order valence-electron chi connectivity index (χ1n) is 7.31. The van der Waals surface area contributed by atoms with Crippen LogP contribution in [0.25, 0.3) is 0 Å². The number of aliphatic hydroxyl groups excluding tert-OH is 1. The van der Waals surface area contributed by atoms with E-state index in [1.165, 1.54) is 0 Å². The standard InChI is InChI=1S/C17H18ClNO3S/c1-2-7-19(9-13-4-6-17(18)23-13)10-14(20)12-3-5-15-16(8-12)22-11-21-15/h2-6,8,14,20H,1,7,9-11H2/t14-/m1/s1. The Morgan fingerprint density at radius 1 is 1.30 bits per heavy atom. The molecule has 0 aliphatic carbocycles. The van der Waals surface area contributed by atoms with E-state index < -0.39 is 6.10 Å². The van der Waals surface area contributed by atoms with Crippen LogP contribution in [0.4, 0.5) is 0 Å². The summed E-state index contributed by atoms with van der Waals surface area (Å²) in [6.45, 7) is 5.94. The molecule has 1 atom stereocenters. The molecule has 2 heterocycles. The van der Waals surface area contributed by atoms with E-state index in [0.717, 1.165) is 27.1 Å². The Labute approximate surface area is 144 Å². The first-order valence-corrected chi connectivity index (χ1v) is 8.50. The van der Waals surface area contributed by atoms with Crippen molar-refractivity contribution in [3.63, 3.8) is 0 Å². The molecule has 23 heavy (non-hydrogen) atoms. The molecule has 0 saturated carbocycles. The summed E-state index contributed by atoms with van der Waals surface area (Å²) in [4.78, 5) is 3.29. The van der Waals surface area contributed by atoms with Crippen LogP contribution < -0.4 is 9.47 Å². The number of hydrogen-bond donors (Lipinski definition) is 1. The van der Waals surface area contributed by atoms with Gasteiger partial charge in [-0.2, -0.15) is 0 Å². The van der Waals surface area contributed by atoms with Crippen molar-refractivity contribution >= 4 is 22.9 Å². The van der Waals surface area contributed by atoms with Crippen molar-refractivity contribution in [2.75, 3.05) is 19.9 Å². The number of fused-ring (bicyclic) bond motifs is 1. The smallest absolute Gasteiger partial charge is 0.231 e. The average Bonchev–Trinajstić information content (AvgIpc) is 3.15. The van der Waals surface area contributed by atoms with Gasteiger partial charge in [-0.1, -0.05) is 23.7 Å². The zero-order valence-corrected chi connectivity index (χ0v) is 14.1. The van der Waals surface area contributed by atoms with Crippen LogP contribution in [0.2, 0.25) is 4.34 Å². The number of aliphatic hydroxyl groups is 1. The predicted molar refractivity (Wildman–Crippen MR) is 92.3 cm³/mol. The number of thiophene rings is 1. The van der Waals surface area contributed by atoms with E-state index in [4.69, 9.17) is 21.1 Å². The molecule has 1 aliphatic heterocycles. The monoisotopic (exact) mass is 351 g/mol. The second kappa shape index (κ2) is 7.36. The van der Waals surface area contributed by atoms with Crippen LogP contribution in [-0.2, 0) is 6.54 Å². The van der Waals surface area contributed by atoms with E-state index in [1.807, 2.05) is 36.4 Å². The van der Waals surface area contributed by atoms with Crippen LogP contribution in [0.1, 0.15) is 16.5 Å². The maximum absolute atomic E-state index is 10.5. The lowest BCUT2D eigenvalue weighted by Gasteiger charge is -2.23. The third-order valence-electron chi connectivity index (χ3n) is 3.61. The topological polar surface area (TPSA) is 41.9 Å². The summed E-state index contributed by atoms with van der Waals surface area (Å²) in [6.07, 6.45) is 1.22. The minimum atomic E-state index is -0.611. The highest BCUT2D eigenvalue weighted by molar-refractivity contribution is 7.16. The molecule has 1 N–H and O–H groups in total. The van der Waals surface area contributed by atoms with Gasteiger partial charge >= 0.3 is 0 Å². The normalized spacial score (nSPS) is 14.2. The Balaban J connectivity index is 1.67. The van der Waals surface area contributed by atoms with Crippen molar-refractivity contribution in [1.29, 1.82) is 0 Å². The minimum absolute atomic E-state index is 0.233. The summed E-state index contributed by atoms with van der Waals surface area (Å²) in [5, 5.41) is 10.5. The molecule has 0 amide bonds. The van der Waals surface area contributed by atoms with Gasteiger partial charge < -0.3 is 14.6 Å². The average molecular weight is 352 g/mol. The number of ether oxygens (including phenoxy) is 2. The van der Waals surface area contributed by atoms with Gasteiger partial charge in [0.1, 0.15) is 0 Å². The van der Waals surface area contributed by atoms with Crippen LogP contribution >= 0.6 is 22.9 Å². The molecule has 0 saturated heterocycles. The Morgan fingerprint density at radius 2 is 2.13 bits per heavy atom. The Hall–Kier alpha value is -1.53. The summed E-state index contributed by atoms with van der Waals surface area (Å²) in [5.74, 6) is 1.40. The molecule has 0 radical (unpaired) electrons. The molecular formula is C17H18ClNO3S. The van der Waals surface area contributed by atoms with Crippen molar-refractivity contribution in [1.82, 2.24) is 4.90 Å². The quantitative estimate of drug-likeness (QED) is 0.769. The van der Waals surface area contributed by atoms with Crippen LogP contribution in [0.15, 0.2) is 43.0 Å². The first-order chi connectivity index (χ1) is 11.2. The SMILES string of the molecule is C=CCN(Cc1ccc(Cl)s1)C[C@@H](O)c1ccc2c(c1)OCO2. The van der Waals surface area contributed by atoms with Gasteiger partial charge in [-0.3, -0.25) is 4.90 Å². The maximum Gasteiger partial charge on any atom is 0.231 e. The number of benzene rings is 1. The van der Waals surface area contributed by atoms with Gasteiger partial charge in [0.15, 0.2) is 11.5 Å². The maximum atomic E-state index is 10.5. The molecule has 0 unspecified atom stereocenters. The van der Waals surface area contributed by atoms with Gasteiger partial charge in [0, 0.05) is 24.5 Å². The van der Waals surface area contributed by atoms with Crippen LogP contribution in [-0.4, -0.2) is 29.9 Å². The Bertz CT molecular complexity index is 688.